The second-order valence-electron chi connectivity index (χ2n) is 5.93. The number of sulfonamides is 1. The molecule has 1 amide bonds. The van der Waals surface area contributed by atoms with Gasteiger partial charge in [-0.15, -0.1) is 0 Å². The van der Waals surface area contributed by atoms with Gasteiger partial charge in [-0.3, -0.25) is 9.52 Å². The average molecular weight is 395 g/mol. The van der Waals surface area contributed by atoms with E-state index >= 15 is 0 Å². The van der Waals surface area contributed by atoms with Crippen LogP contribution < -0.4 is 9.62 Å². The molecule has 9 heteroatoms. The Labute approximate surface area is 157 Å². The Balaban J connectivity index is 1.69. The third-order valence-electron chi connectivity index (χ3n) is 4.20. The largest absolute Gasteiger partial charge is 0.367 e. The molecule has 0 bridgehead atoms. The lowest BCUT2D eigenvalue weighted by molar-refractivity contribution is -0.129. The predicted molar refractivity (Wildman–Crippen MR) is 101 cm³/mol. The topological polar surface area (TPSA) is 82.6 Å². The normalized spacial score (nSPS) is 15.0. The number of hydrogen-bond acceptors (Lipinski definition) is 5. The van der Waals surface area contributed by atoms with Crippen LogP contribution in [-0.4, -0.2) is 50.4 Å². The summed E-state index contributed by atoms with van der Waals surface area (Å²) in [5, 5.41) is 0.153. The number of halogens is 1. The summed E-state index contributed by atoms with van der Waals surface area (Å²) in [6.45, 7) is 4.32. The lowest BCUT2D eigenvalue weighted by Crippen LogP contribution is -2.48. The maximum Gasteiger partial charge on any atom is 0.264 e. The Morgan fingerprint density at radius 1 is 1.12 bits per heavy atom. The standard InChI is InChI=1S/C17H19ClN4O3S/c1-13(23)21-8-10-22(11-9-21)14-6-7-17(19-12-14)20-26(24,25)16-5-3-2-4-15(16)18/h2-7,12H,8-11H2,1H3,(H,19,20). The minimum absolute atomic E-state index is 0.00731. The summed E-state index contributed by atoms with van der Waals surface area (Å²) in [5.41, 5.74) is 0.883. The molecule has 0 saturated carbocycles. The second-order valence-corrected chi connectivity index (χ2v) is 7.99. The number of nitrogens with zero attached hydrogens (tertiary/aromatic N) is 3. The molecule has 1 N–H and O–H groups in total. The molecule has 1 fully saturated rings. The van der Waals surface area contributed by atoms with Crippen LogP contribution in [0.25, 0.3) is 0 Å². The van der Waals surface area contributed by atoms with E-state index in [-0.39, 0.29) is 21.6 Å². The van der Waals surface area contributed by atoms with Crippen molar-refractivity contribution in [1.29, 1.82) is 0 Å². The lowest BCUT2D eigenvalue weighted by atomic mass is 10.2. The van der Waals surface area contributed by atoms with Crippen LogP contribution >= 0.6 is 11.6 Å². The van der Waals surface area contributed by atoms with E-state index in [0.717, 1.165) is 5.69 Å². The Morgan fingerprint density at radius 3 is 2.38 bits per heavy atom. The van der Waals surface area contributed by atoms with Crippen LogP contribution in [0.4, 0.5) is 11.5 Å². The number of piperazine rings is 1. The maximum atomic E-state index is 12.4. The minimum Gasteiger partial charge on any atom is -0.367 e. The van der Waals surface area contributed by atoms with Gasteiger partial charge in [-0.25, -0.2) is 13.4 Å². The lowest BCUT2D eigenvalue weighted by Gasteiger charge is -2.35. The molecule has 0 spiro atoms. The Kier molecular flexibility index (Phi) is 5.33. The average Bonchev–Trinajstić information content (AvgIpc) is 2.62. The van der Waals surface area contributed by atoms with E-state index < -0.39 is 10.0 Å². The zero-order chi connectivity index (χ0) is 18.7. The molecular weight excluding hydrogens is 376 g/mol. The fourth-order valence-electron chi connectivity index (χ4n) is 2.77. The molecule has 0 radical (unpaired) electrons. The third-order valence-corrected chi connectivity index (χ3v) is 6.06. The summed E-state index contributed by atoms with van der Waals surface area (Å²) >= 11 is 5.96. The molecular formula is C17H19ClN4O3S. The van der Waals surface area contributed by atoms with Crippen LogP contribution in [0.15, 0.2) is 47.5 Å². The number of anilines is 2. The third kappa shape index (κ3) is 4.08. The number of rotatable bonds is 4. The van der Waals surface area contributed by atoms with Crippen LogP contribution in [0.3, 0.4) is 0 Å². The molecule has 1 aromatic carbocycles. The molecule has 1 saturated heterocycles. The Hall–Kier alpha value is -2.32. The quantitative estimate of drug-likeness (QED) is 0.859. The van der Waals surface area contributed by atoms with E-state index in [4.69, 9.17) is 11.6 Å². The highest BCUT2D eigenvalue weighted by molar-refractivity contribution is 7.92. The molecule has 1 aliphatic rings. The zero-order valence-electron chi connectivity index (χ0n) is 14.2. The van der Waals surface area contributed by atoms with Gasteiger partial charge in [-0.05, 0) is 24.3 Å². The summed E-state index contributed by atoms with van der Waals surface area (Å²) < 4.78 is 27.3. The van der Waals surface area contributed by atoms with Gasteiger partial charge in [-0.1, -0.05) is 23.7 Å². The monoisotopic (exact) mass is 394 g/mol. The molecule has 26 heavy (non-hydrogen) atoms. The summed E-state index contributed by atoms with van der Waals surface area (Å²) in [4.78, 5) is 19.5. The van der Waals surface area contributed by atoms with Crippen molar-refractivity contribution < 1.29 is 13.2 Å². The Bertz CT molecular complexity index is 894. The zero-order valence-corrected chi connectivity index (χ0v) is 15.8. The highest BCUT2D eigenvalue weighted by Gasteiger charge is 2.20. The van der Waals surface area contributed by atoms with E-state index in [0.29, 0.717) is 26.2 Å². The molecule has 138 valence electrons. The summed E-state index contributed by atoms with van der Waals surface area (Å²) in [6.07, 6.45) is 1.62. The van der Waals surface area contributed by atoms with Gasteiger partial charge in [0.1, 0.15) is 10.7 Å². The van der Waals surface area contributed by atoms with Crippen molar-refractivity contribution in [1.82, 2.24) is 9.88 Å². The van der Waals surface area contributed by atoms with Crippen molar-refractivity contribution in [2.45, 2.75) is 11.8 Å². The molecule has 0 atom stereocenters. The Morgan fingerprint density at radius 2 is 1.81 bits per heavy atom. The van der Waals surface area contributed by atoms with Gasteiger partial charge < -0.3 is 9.80 Å². The second kappa shape index (κ2) is 7.51. The van der Waals surface area contributed by atoms with E-state index in [1.165, 1.54) is 12.1 Å². The van der Waals surface area contributed by atoms with Crippen molar-refractivity contribution in [3.05, 3.63) is 47.6 Å². The van der Waals surface area contributed by atoms with Crippen molar-refractivity contribution >= 4 is 39.0 Å². The van der Waals surface area contributed by atoms with Gasteiger partial charge in [0.25, 0.3) is 10.0 Å². The van der Waals surface area contributed by atoms with E-state index in [9.17, 15) is 13.2 Å². The summed E-state index contributed by atoms with van der Waals surface area (Å²) in [5.74, 6) is 0.295. The van der Waals surface area contributed by atoms with Crippen LogP contribution in [0.1, 0.15) is 6.92 Å². The summed E-state index contributed by atoms with van der Waals surface area (Å²) in [7, 11) is -3.80. The van der Waals surface area contributed by atoms with Gasteiger partial charge in [0.15, 0.2) is 0 Å². The van der Waals surface area contributed by atoms with Crippen molar-refractivity contribution in [2.24, 2.45) is 0 Å². The van der Waals surface area contributed by atoms with Gasteiger partial charge in [0.05, 0.1) is 16.9 Å². The van der Waals surface area contributed by atoms with Crippen molar-refractivity contribution in [3.63, 3.8) is 0 Å². The number of nitrogens with one attached hydrogen (secondary N) is 1. The summed E-state index contributed by atoms with van der Waals surface area (Å²) in [6, 6.07) is 9.65. The molecule has 1 aliphatic heterocycles. The molecule has 7 nitrogen and oxygen atoms in total. The van der Waals surface area contributed by atoms with Gasteiger partial charge in [0, 0.05) is 33.1 Å². The highest BCUT2D eigenvalue weighted by atomic mass is 35.5. The van der Waals surface area contributed by atoms with Crippen molar-refractivity contribution in [2.75, 3.05) is 35.8 Å². The number of carbonyl (C=O) groups is 1. The van der Waals surface area contributed by atoms with E-state index in [1.807, 2.05) is 0 Å². The minimum atomic E-state index is -3.80. The number of aromatic nitrogens is 1. The van der Waals surface area contributed by atoms with Crippen LogP contribution in [0.2, 0.25) is 5.02 Å². The van der Waals surface area contributed by atoms with Gasteiger partial charge in [-0.2, -0.15) is 0 Å². The molecule has 3 rings (SSSR count). The number of hydrogen-bond donors (Lipinski definition) is 1. The number of carbonyl (C=O) groups excluding carboxylic acids is 1. The number of pyridine rings is 1. The number of benzene rings is 1. The number of amides is 1. The fourth-order valence-corrected chi connectivity index (χ4v) is 4.30. The van der Waals surface area contributed by atoms with Crippen molar-refractivity contribution in [3.8, 4) is 0 Å². The predicted octanol–water partition coefficient (Wildman–Crippen LogP) is 2.20. The van der Waals surface area contributed by atoms with Gasteiger partial charge in [0.2, 0.25) is 5.91 Å². The first kappa shape index (κ1) is 18.5. The molecule has 0 aliphatic carbocycles. The molecule has 2 heterocycles. The van der Waals surface area contributed by atoms with Crippen LogP contribution in [0, 0.1) is 0 Å². The highest BCUT2D eigenvalue weighted by Crippen LogP contribution is 2.23. The van der Waals surface area contributed by atoms with Crippen LogP contribution in [0.5, 0.6) is 0 Å². The van der Waals surface area contributed by atoms with Gasteiger partial charge >= 0.3 is 0 Å². The molecule has 2 aromatic rings. The van der Waals surface area contributed by atoms with Crippen LogP contribution in [-0.2, 0) is 14.8 Å². The molecule has 0 unspecified atom stereocenters. The smallest absolute Gasteiger partial charge is 0.264 e. The van der Waals surface area contributed by atoms with E-state index in [1.54, 1.807) is 42.3 Å². The first-order chi connectivity index (χ1) is 12.4. The first-order valence-corrected chi connectivity index (χ1v) is 9.97. The first-order valence-electron chi connectivity index (χ1n) is 8.11. The SMILES string of the molecule is CC(=O)N1CCN(c2ccc(NS(=O)(=O)c3ccccc3Cl)nc2)CC1. The molecule has 1 aromatic heterocycles. The fraction of sp³-hybridized carbons (Fsp3) is 0.294. The van der Waals surface area contributed by atoms with E-state index in [2.05, 4.69) is 14.6 Å². The maximum absolute atomic E-state index is 12.4.